The summed E-state index contributed by atoms with van der Waals surface area (Å²) in [6, 6.07) is 10.6. The molecule has 5 aliphatic rings. The number of nitrogens with two attached hydrogens (primary N) is 1. The number of benzene rings is 2. The number of methoxy groups -OCH3 is 1. The van der Waals surface area contributed by atoms with Crippen molar-refractivity contribution in [3.05, 3.63) is 58.9 Å². The van der Waals surface area contributed by atoms with E-state index in [1.165, 1.54) is 30.9 Å². The number of halogens is 1. The average Bonchev–Trinajstić information content (AvgIpc) is 3.20. The van der Waals surface area contributed by atoms with E-state index < -0.39 is 11.7 Å². The fraction of sp³-hybridized carbons (Fsp3) is 0.545. The van der Waals surface area contributed by atoms with Crippen LogP contribution in [0.15, 0.2) is 41.4 Å². The van der Waals surface area contributed by atoms with Gasteiger partial charge >= 0.3 is 0 Å². The number of aliphatic imine (C=N–C) groups is 1. The lowest BCUT2D eigenvalue weighted by atomic mass is 9.44. The Kier molecular flexibility index (Phi) is 7.28. The van der Waals surface area contributed by atoms with Crippen molar-refractivity contribution in [2.24, 2.45) is 33.9 Å². The van der Waals surface area contributed by atoms with Gasteiger partial charge in [-0.05, 0) is 79.2 Å². The molecule has 2 bridgehead atoms. The van der Waals surface area contributed by atoms with Crippen molar-refractivity contribution in [3.8, 4) is 5.75 Å². The summed E-state index contributed by atoms with van der Waals surface area (Å²) in [5, 5.41) is 0. The second-order valence-corrected chi connectivity index (χ2v) is 13.2. The predicted molar refractivity (Wildman–Crippen MR) is 160 cm³/mol. The Morgan fingerprint density at radius 1 is 1.07 bits per heavy atom. The molecule has 1 saturated heterocycles. The van der Waals surface area contributed by atoms with Gasteiger partial charge in [0.05, 0.1) is 23.9 Å². The summed E-state index contributed by atoms with van der Waals surface area (Å²) in [5.74, 6) is 1.97. The molecule has 9 heteroatoms. The first-order valence-electron chi connectivity index (χ1n) is 15.2. The van der Waals surface area contributed by atoms with Crippen LogP contribution in [0.1, 0.15) is 66.8 Å². The van der Waals surface area contributed by atoms with Crippen LogP contribution in [0.3, 0.4) is 0 Å². The molecule has 7 rings (SSSR count). The van der Waals surface area contributed by atoms with E-state index in [2.05, 4.69) is 42.5 Å². The molecule has 2 heterocycles. The van der Waals surface area contributed by atoms with Crippen LogP contribution in [0.5, 0.6) is 5.75 Å². The standard InChI is InChI=1S/C33H42FN5O3/c1-19-18-37(12-13-38(19)29-15-22-14-27(20(29)2)33(22,3)4)32(35)36-23-7-9-25-26(16-23)31(41)39(30(25)40)11-10-21-6-8-24(42-5)17-28(21)34/h6-9,16-17,19-20,22,27,29H,10-15,18H2,1-5H3,(H2,35,36)/t19-,20+,22-,27-,29-/m0/s1. The van der Waals surface area contributed by atoms with Crippen LogP contribution >= 0.6 is 0 Å². The lowest BCUT2D eigenvalue weighted by molar-refractivity contribution is -0.147. The first-order chi connectivity index (χ1) is 20.0. The third-order valence-corrected chi connectivity index (χ3v) is 10.8. The van der Waals surface area contributed by atoms with Gasteiger partial charge in [-0.25, -0.2) is 9.38 Å². The number of piperazine rings is 1. The van der Waals surface area contributed by atoms with Crippen LogP contribution in [0.25, 0.3) is 0 Å². The number of amides is 2. The number of imide groups is 1. The molecule has 2 aromatic rings. The number of nitrogens with zero attached hydrogens (tertiary/aromatic N) is 4. The monoisotopic (exact) mass is 575 g/mol. The summed E-state index contributed by atoms with van der Waals surface area (Å²) < 4.78 is 19.4. The van der Waals surface area contributed by atoms with Crippen LogP contribution in [0.4, 0.5) is 10.1 Å². The van der Waals surface area contributed by atoms with Gasteiger partial charge in [0.25, 0.3) is 11.8 Å². The predicted octanol–water partition coefficient (Wildman–Crippen LogP) is 4.70. The molecule has 8 nitrogen and oxygen atoms in total. The number of hydrogen-bond donors (Lipinski definition) is 1. The molecule has 5 atom stereocenters. The van der Waals surface area contributed by atoms with Crippen molar-refractivity contribution in [3.63, 3.8) is 0 Å². The Morgan fingerprint density at radius 2 is 1.83 bits per heavy atom. The molecule has 2 aliphatic heterocycles. The summed E-state index contributed by atoms with van der Waals surface area (Å²) in [5.41, 5.74) is 8.55. The van der Waals surface area contributed by atoms with Crippen molar-refractivity contribution in [2.75, 3.05) is 33.3 Å². The van der Waals surface area contributed by atoms with Crippen LogP contribution in [-0.4, -0.2) is 77.8 Å². The highest BCUT2D eigenvalue weighted by Gasteiger charge is 2.57. The first-order valence-corrected chi connectivity index (χ1v) is 15.2. The van der Waals surface area contributed by atoms with Gasteiger partial charge in [0, 0.05) is 44.3 Å². The molecule has 0 unspecified atom stereocenters. The van der Waals surface area contributed by atoms with Crippen LogP contribution in [0, 0.1) is 29.0 Å². The number of rotatable bonds is 6. The van der Waals surface area contributed by atoms with Crippen LogP contribution in [-0.2, 0) is 6.42 Å². The molecule has 2 aromatic carbocycles. The second kappa shape index (κ2) is 10.7. The van der Waals surface area contributed by atoms with E-state index in [1.54, 1.807) is 30.3 Å². The Balaban J connectivity index is 1.09. The van der Waals surface area contributed by atoms with Crippen molar-refractivity contribution in [1.82, 2.24) is 14.7 Å². The quantitative estimate of drug-likeness (QED) is 0.305. The zero-order chi connectivity index (χ0) is 29.9. The third kappa shape index (κ3) is 4.75. The zero-order valence-electron chi connectivity index (χ0n) is 25.3. The largest absolute Gasteiger partial charge is 0.497 e. The SMILES string of the molecule is COc1ccc(CCN2C(=O)c3ccc(N=C(N)N4CCN([C@H]5C[C@@H]6C[C@@H]([C@H]5C)C6(C)C)[C@@H](C)C4)cc3C2=O)c(F)c1. The normalized spacial score (nSPS) is 29.0. The number of hydrogen-bond acceptors (Lipinski definition) is 5. The molecule has 42 heavy (non-hydrogen) atoms. The lowest BCUT2D eigenvalue weighted by Gasteiger charge is -2.64. The van der Waals surface area contributed by atoms with Crippen LogP contribution < -0.4 is 10.5 Å². The summed E-state index contributed by atoms with van der Waals surface area (Å²) >= 11 is 0. The maximum Gasteiger partial charge on any atom is 0.261 e. The summed E-state index contributed by atoms with van der Waals surface area (Å²) in [6.07, 6.45) is 2.88. The molecule has 2 amide bonds. The highest BCUT2D eigenvalue weighted by molar-refractivity contribution is 6.21. The zero-order valence-corrected chi connectivity index (χ0v) is 25.3. The maximum absolute atomic E-state index is 14.4. The number of carbonyl (C=O) groups is 2. The average molecular weight is 576 g/mol. The van der Waals surface area contributed by atoms with Gasteiger partial charge in [0.2, 0.25) is 0 Å². The fourth-order valence-electron chi connectivity index (χ4n) is 8.08. The number of guanidine groups is 1. The summed E-state index contributed by atoms with van der Waals surface area (Å²) in [6.45, 7) is 12.3. The Bertz CT molecular complexity index is 1440. The van der Waals surface area contributed by atoms with Crippen LogP contribution in [0.2, 0.25) is 0 Å². The van der Waals surface area contributed by atoms with E-state index in [-0.39, 0.29) is 18.9 Å². The highest BCUT2D eigenvalue weighted by Crippen LogP contribution is 2.62. The molecule has 4 fully saturated rings. The highest BCUT2D eigenvalue weighted by atomic mass is 19.1. The summed E-state index contributed by atoms with van der Waals surface area (Å²) in [4.78, 5) is 36.8. The van der Waals surface area contributed by atoms with E-state index in [4.69, 9.17) is 10.5 Å². The molecule has 0 radical (unpaired) electrons. The number of ether oxygens (including phenoxy) is 1. The molecular formula is C33H42FN5O3. The van der Waals surface area contributed by atoms with E-state index in [0.717, 1.165) is 31.5 Å². The number of carbonyl (C=O) groups excluding carboxylic acids is 2. The first kappa shape index (κ1) is 28.6. The number of fused-ring (bicyclic) bond motifs is 3. The maximum atomic E-state index is 14.4. The van der Waals surface area contributed by atoms with Gasteiger partial charge in [-0.3, -0.25) is 19.4 Å². The molecule has 3 aliphatic carbocycles. The van der Waals surface area contributed by atoms with Crippen molar-refractivity contribution >= 4 is 23.5 Å². The van der Waals surface area contributed by atoms with Gasteiger partial charge < -0.3 is 15.4 Å². The third-order valence-electron chi connectivity index (χ3n) is 10.8. The Labute approximate surface area is 247 Å². The lowest BCUT2D eigenvalue weighted by Crippen LogP contribution is -2.65. The van der Waals surface area contributed by atoms with E-state index >= 15 is 0 Å². The molecule has 0 spiro atoms. The van der Waals surface area contributed by atoms with E-state index in [9.17, 15) is 14.0 Å². The van der Waals surface area contributed by atoms with E-state index in [0.29, 0.717) is 57.5 Å². The Morgan fingerprint density at radius 3 is 2.50 bits per heavy atom. The van der Waals surface area contributed by atoms with Gasteiger partial charge in [-0.15, -0.1) is 0 Å². The van der Waals surface area contributed by atoms with Gasteiger partial charge in [-0.1, -0.05) is 26.8 Å². The smallest absolute Gasteiger partial charge is 0.261 e. The molecule has 2 N–H and O–H groups in total. The molecular weight excluding hydrogens is 533 g/mol. The molecule has 3 saturated carbocycles. The van der Waals surface area contributed by atoms with Gasteiger partial charge in [-0.2, -0.15) is 0 Å². The fourth-order valence-corrected chi connectivity index (χ4v) is 8.08. The second-order valence-electron chi connectivity index (χ2n) is 13.2. The molecule has 224 valence electrons. The van der Waals surface area contributed by atoms with E-state index in [1.807, 2.05) is 0 Å². The van der Waals surface area contributed by atoms with Gasteiger partial charge in [0.15, 0.2) is 5.96 Å². The molecule has 0 aromatic heterocycles. The van der Waals surface area contributed by atoms with Crippen molar-refractivity contribution in [1.29, 1.82) is 0 Å². The topological polar surface area (TPSA) is 91.5 Å². The Hall–Kier alpha value is -3.46. The minimum atomic E-state index is -0.429. The van der Waals surface area contributed by atoms with Crippen molar-refractivity contribution < 1.29 is 18.7 Å². The minimum Gasteiger partial charge on any atom is -0.497 e. The minimum absolute atomic E-state index is 0.0805. The summed E-state index contributed by atoms with van der Waals surface area (Å²) in [7, 11) is 1.47. The van der Waals surface area contributed by atoms with Crippen molar-refractivity contribution in [2.45, 2.75) is 59.0 Å². The van der Waals surface area contributed by atoms with Gasteiger partial charge in [0.1, 0.15) is 11.6 Å².